The summed E-state index contributed by atoms with van der Waals surface area (Å²) in [6, 6.07) is 0. The Kier molecular flexibility index (Phi) is 8.79. The van der Waals surface area contributed by atoms with Crippen LogP contribution in [0.3, 0.4) is 0 Å². The SMILES string of the molecule is O=C(O)CCOC1CCN(CCCCCCO)CC1. The van der Waals surface area contributed by atoms with E-state index in [0.29, 0.717) is 13.2 Å². The molecule has 1 rings (SSSR count). The largest absolute Gasteiger partial charge is 0.481 e. The molecule has 5 heteroatoms. The molecular formula is C14H27NO4. The molecule has 2 N–H and O–H groups in total. The van der Waals surface area contributed by atoms with Crippen LogP contribution in [0, 0.1) is 0 Å². The first-order valence-electron chi connectivity index (χ1n) is 7.39. The van der Waals surface area contributed by atoms with Crippen LogP contribution < -0.4 is 0 Å². The van der Waals surface area contributed by atoms with Gasteiger partial charge in [-0.15, -0.1) is 0 Å². The highest BCUT2D eigenvalue weighted by Gasteiger charge is 2.19. The summed E-state index contributed by atoms with van der Waals surface area (Å²) in [5.74, 6) is -0.791. The molecule has 0 bridgehead atoms. The summed E-state index contributed by atoms with van der Waals surface area (Å²) in [5.41, 5.74) is 0. The number of carbonyl (C=O) groups is 1. The summed E-state index contributed by atoms with van der Waals surface area (Å²) in [6.07, 6.45) is 6.78. The van der Waals surface area contributed by atoms with Crippen LogP contribution in [0.1, 0.15) is 44.9 Å². The Morgan fingerprint density at radius 3 is 2.47 bits per heavy atom. The Labute approximate surface area is 115 Å². The van der Waals surface area contributed by atoms with Crippen LogP contribution in [0.25, 0.3) is 0 Å². The summed E-state index contributed by atoms with van der Waals surface area (Å²) in [4.78, 5) is 12.8. The summed E-state index contributed by atoms with van der Waals surface area (Å²) in [6.45, 7) is 3.88. The van der Waals surface area contributed by atoms with Crippen molar-refractivity contribution in [2.75, 3.05) is 32.8 Å². The fourth-order valence-corrected chi connectivity index (χ4v) is 2.41. The molecule has 0 aromatic rings. The Bertz CT molecular complexity index is 240. The maximum absolute atomic E-state index is 10.4. The molecule has 0 saturated carbocycles. The van der Waals surface area contributed by atoms with Gasteiger partial charge in [0.05, 0.1) is 19.1 Å². The van der Waals surface area contributed by atoms with Crippen LogP contribution in [-0.4, -0.2) is 60.0 Å². The van der Waals surface area contributed by atoms with Crippen LogP contribution >= 0.6 is 0 Å². The Morgan fingerprint density at radius 1 is 1.16 bits per heavy atom. The number of ether oxygens (including phenoxy) is 1. The number of likely N-dealkylation sites (tertiary alicyclic amines) is 1. The molecule has 0 atom stereocenters. The Balaban J connectivity index is 1.97. The van der Waals surface area contributed by atoms with E-state index in [9.17, 15) is 4.79 Å². The van der Waals surface area contributed by atoms with E-state index in [1.807, 2.05) is 0 Å². The minimum atomic E-state index is -0.791. The molecule has 1 aliphatic rings. The van der Waals surface area contributed by atoms with Crippen LogP contribution in [0.15, 0.2) is 0 Å². The van der Waals surface area contributed by atoms with Crippen molar-refractivity contribution in [2.24, 2.45) is 0 Å². The van der Waals surface area contributed by atoms with Crippen LogP contribution in [0.2, 0.25) is 0 Å². The van der Waals surface area contributed by atoms with Crippen LogP contribution in [-0.2, 0) is 9.53 Å². The second kappa shape index (κ2) is 10.2. The van der Waals surface area contributed by atoms with Crippen molar-refractivity contribution >= 4 is 5.97 Å². The number of carboxylic acid groups (broad SMARTS) is 1. The van der Waals surface area contributed by atoms with E-state index in [1.165, 1.54) is 12.8 Å². The van der Waals surface area contributed by atoms with E-state index in [-0.39, 0.29) is 12.5 Å². The number of hydrogen-bond acceptors (Lipinski definition) is 4. The lowest BCUT2D eigenvalue weighted by Gasteiger charge is -2.31. The van der Waals surface area contributed by atoms with Gasteiger partial charge in [0.15, 0.2) is 0 Å². The normalized spacial score (nSPS) is 17.7. The van der Waals surface area contributed by atoms with Crippen molar-refractivity contribution in [3.8, 4) is 0 Å². The third-order valence-corrected chi connectivity index (χ3v) is 3.59. The zero-order valence-electron chi connectivity index (χ0n) is 11.7. The maximum Gasteiger partial charge on any atom is 0.305 e. The topological polar surface area (TPSA) is 70.0 Å². The molecule has 0 amide bonds. The Hall–Kier alpha value is -0.650. The fourth-order valence-electron chi connectivity index (χ4n) is 2.41. The number of nitrogens with zero attached hydrogens (tertiary/aromatic N) is 1. The molecule has 19 heavy (non-hydrogen) atoms. The highest BCUT2D eigenvalue weighted by Crippen LogP contribution is 2.14. The van der Waals surface area contributed by atoms with E-state index < -0.39 is 5.97 Å². The number of hydrogen-bond donors (Lipinski definition) is 2. The molecule has 1 fully saturated rings. The van der Waals surface area contributed by atoms with Crippen molar-refractivity contribution in [3.63, 3.8) is 0 Å². The molecular weight excluding hydrogens is 246 g/mol. The summed E-state index contributed by atoms with van der Waals surface area (Å²) >= 11 is 0. The molecule has 5 nitrogen and oxygen atoms in total. The Morgan fingerprint density at radius 2 is 1.84 bits per heavy atom. The standard InChI is InChI=1S/C14H27NO4/c16-11-4-2-1-3-8-15-9-5-13(6-10-15)19-12-7-14(17)18/h13,16H,1-12H2,(H,17,18). The van der Waals surface area contributed by atoms with E-state index in [1.54, 1.807) is 0 Å². The zero-order chi connectivity index (χ0) is 13.9. The van der Waals surface area contributed by atoms with E-state index in [4.69, 9.17) is 14.9 Å². The van der Waals surface area contributed by atoms with Gasteiger partial charge in [-0.25, -0.2) is 0 Å². The van der Waals surface area contributed by atoms with Crippen LogP contribution in [0.5, 0.6) is 0 Å². The first-order chi connectivity index (χ1) is 9.22. The minimum Gasteiger partial charge on any atom is -0.481 e. The second-order valence-electron chi connectivity index (χ2n) is 5.19. The number of unbranched alkanes of at least 4 members (excludes halogenated alkanes) is 3. The predicted octanol–water partition coefficient (Wildman–Crippen LogP) is 1.49. The van der Waals surface area contributed by atoms with Gasteiger partial charge in [0.25, 0.3) is 0 Å². The van der Waals surface area contributed by atoms with Gasteiger partial charge in [-0.2, -0.15) is 0 Å². The molecule has 0 aromatic carbocycles. The number of carboxylic acids is 1. The lowest BCUT2D eigenvalue weighted by atomic mass is 10.1. The van der Waals surface area contributed by atoms with Gasteiger partial charge in [-0.3, -0.25) is 4.79 Å². The number of piperidine rings is 1. The molecule has 1 heterocycles. The van der Waals surface area contributed by atoms with Crippen molar-refractivity contribution in [3.05, 3.63) is 0 Å². The average molecular weight is 273 g/mol. The van der Waals surface area contributed by atoms with Gasteiger partial charge in [-0.05, 0) is 32.2 Å². The van der Waals surface area contributed by atoms with Crippen molar-refractivity contribution in [1.29, 1.82) is 0 Å². The molecule has 0 aliphatic carbocycles. The first-order valence-corrected chi connectivity index (χ1v) is 7.39. The molecule has 0 spiro atoms. The van der Waals surface area contributed by atoms with E-state index in [0.717, 1.165) is 45.3 Å². The van der Waals surface area contributed by atoms with Crippen LogP contribution in [0.4, 0.5) is 0 Å². The molecule has 1 saturated heterocycles. The van der Waals surface area contributed by atoms with Crippen molar-refractivity contribution in [2.45, 2.75) is 51.0 Å². The first kappa shape index (κ1) is 16.4. The number of aliphatic carboxylic acids is 1. The van der Waals surface area contributed by atoms with Gasteiger partial charge >= 0.3 is 5.97 Å². The van der Waals surface area contributed by atoms with Gasteiger partial charge < -0.3 is 19.8 Å². The number of aliphatic hydroxyl groups excluding tert-OH is 1. The van der Waals surface area contributed by atoms with Gasteiger partial charge in [0.2, 0.25) is 0 Å². The van der Waals surface area contributed by atoms with Gasteiger partial charge in [0, 0.05) is 19.7 Å². The van der Waals surface area contributed by atoms with Gasteiger partial charge in [-0.1, -0.05) is 12.8 Å². The molecule has 112 valence electrons. The number of rotatable bonds is 10. The molecule has 1 aliphatic heterocycles. The number of aliphatic hydroxyl groups is 1. The summed E-state index contributed by atoms with van der Waals surface area (Å²) in [5, 5.41) is 17.2. The van der Waals surface area contributed by atoms with Crippen molar-refractivity contribution in [1.82, 2.24) is 4.90 Å². The smallest absolute Gasteiger partial charge is 0.305 e. The van der Waals surface area contributed by atoms with Crippen molar-refractivity contribution < 1.29 is 19.7 Å². The monoisotopic (exact) mass is 273 g/mol. The quantitative estimate of drug-likeness (QED) is 0.590. The van der Waals surface area contributed by atoms with Gasteiger partial charge in [0.1, 0.15) is 0 Å². The van der Waals surface area contributed by atoms with E-state index >= 15 is 0 Å². The molecule has 0 aromatic heterocycles. The lowest BCUT2D eigenvalue weighted by molar-refractivity contribution is -0.138. The zero-order valence-corrected chi connectivity index (χ0v) is 11.7. The predicted molar refractivity (Wildman–Crippen MR) is 73.2 cm³/mol. The third-order valence-electron chi connectivity index (χ3n) is 3.59. The second-order valence-corrected chi connectivity index (χ2v) is 5.19. The fraction of sp³-hybridized carbons (Fsp3) is 0.929. The molecule has 0 radical (unpaired) electrons. The average Bonchev–Trinajstić information content (AvgIpc) is 2.40. The summed E-state index contributed by atoms with van der Waals surface area (Å²) in [7, 11) is 0. The molecule has 0 unspecified atom stereocenters. The maximum atomic E-state index is 10.4. The highest BCUT2D eigenvalue weighted by molar-refractivity contribution is 5.66. The van der Waals surface area contributed by atoms with E-state index in [2.05, 4.69) is 4.90 Å². The lowest BCUT2D eigenvalue weighted by Crippen LogP contribution is -2.37. The third kappa shape index (κ3) is 8.18. The highest BCUT2D eigenvalue weighted by atomic mass is 16.5. The minimum absolute atomic E-state index is 0.102. The summed E-state index contributed by atoms with van der Waals surface area (Å²) < 4.78 is 5.56.